The first kappa shape index (κ1) is 11.5. The Hall–Kier alpha value is -2.00. The van der Waals surface area contributed by atoms with Crippen LogP contribution in [0.5, 0.6) is 5.75 Å². The van der Waals surface area contributed by atoms with Crippen LogP contribution in [0.4, 0.5) is 5.69 Å². The lowest BCUT2D eigenvalue weighted by molar-refractivity contribution is 0.475. The van der Waals surface area contributed by atoms with Crippen molar-refractivity contribution in [2.45, 2.75) is 0 Å². The van der Waals surface area contributed by atoms with E-state index in [9.17, 15) is 5.11 Å². The summed E-state index contributed by atoms with van der Waals surface area (Å²) in [6.07, 6.45) is 1.63. The third-order valence-corrected chi connectivity index (χ3v) is 2.37. The van der Waals surface area contributed by atoms with Crippen molar-refractivity contribution in [1.29, 1.82) is 0 Å². The zero-order chi connectivity index (χ0) is 12.1. The Balaban J connectivity index is 2.00. The van der Waals surface area contributed by atoms with Crippen LogP contribution < -0.4 is 5.43 Å². The highest BCUT2D eigenvalue weighted by atomic mass is 35.5. The van der Waals surface area contributed by atoms with E-state index in [1.165, 1.54) is 0 Å². The summed E-state index contributed by atoms with van der Waals surface area (Å²) in [7, 11) is 0. The molecule has 4 heteroatoms. The molecule has 0 aliphatic carbocycles. The molecule has 0 fully saturated rings. The van der Waals surface area contributed by atoms with Gasteiger partial charge in [0.05, 0.1) is 11.9 Å². The predicted octanol–water partition coefficient (Wildman–Crippen LogP) is 3.49. The third kappa shape index (κ3) is 3.50. The molecule has 0 aromatic heterocycles. The number of nitrogens with zero attached hydrogens (tertiary/aromatic N) is 1. The minimum absolute atomic E-state index is 0.223. The molecule has 0 saturated carbocycles. The summed E-state index contributed by atoms with van der Waals surface area (Å²) in [5.41, 5.74) is 4.55. The summed E-state index contributed by atoms with van der Waals surface area (Å²) in [6, 6.07) is 14.1. The number of phenolic OH excluding ortho intramolecular Hbond substituents is 1. The molecule has 0 saturated heterocycles. The lowest BCUT2D eigenvalue weighted by Gasteiger charge is -1.99. The summed E-state index contributed by atoms with van der Waals surface area (Å²) < 4.78 is 0. The van der Waals surface area contributed by atoms with Gasteiger partial charge in [0, 0.05) is 5.02 Å². The van der Waals surface area contributed by atoms with Crippen LogP contribution in [-0.4, -0.2) is 11.3 Å². The summed E-state index contributed by atoms with van der Waals surface area (Å²) in [5, 5.41) is 14.0. The number of anilines is 1. The van der Waals surface area contributed by atoms with Crippen LogP contribution in [0.1, 0.15) is 5.56 Å². The zero-order valence-electron chi connectivity index (χ0n) is 8.97. The van der Waals surface area contributed by atoms with E-state index in [-0.39, 0.29) is 5.75 Å². The van der Waals surface area contributed by atoms with Crippen molar-refractivity contribution in [1.82, 2.24) is 0 Å². The van der Waals surface area contributed by atoms with Gasteiger partial charge in [-0.25, -0.2) is 0 Å². The van der Waals surface area contributed by atoms with E-state index in [0.29, 0.717) is 5.02 Å². The fourth-order valence-corrected chi connectivity index (χ4v) is 1.44. The molecule has 86 valence electrons. The molecule has 0 unspecified atom stereocenters. The first-order valence-electron chi connectivity index (χ1n) is 5.08. The van der Waals surface area contributed by atoms with Crippen molar-refractivity contribution in [2.75, 3.05) is 5.43 Å². The van der Waals surface area contributed by atoms with Crippen LogP contribution in [0.15, 0.2) is 53.6 Å². The van der Waals surface area contributed by atoms with Crippen molar-refractivity contribution >= 4 is 23.5 Å². The number of nitrogens with one attached hydrogen (secondary N) is 1. The molecule has 0 amide bonds. The normalized spacial score (nSPS) is 10.6. The van der Waals surface area contributed by atoms with E-state index in [1.54, 1.807) is 36.5 Å². The Bertz CT molecular complexity index is 523. The minimum Gasteiger partial charge on any atom is -0.508 e. The van der Waals surface area contributed by atoms with Gasteiger partial charge in [-0.3, -0.25) is 5.43 Å². The number of hydrazone groups is 1. The van der Waals surface area contributed by atoms with E-state index in [2.05, 4.69) is 10.5 Å². The van der Waals surface area contributed by atoms with Gasteiger partial charge in [-0.15, -0.1) is 0 Å². The third-order valence-electron chi connectivity index (χ3n) is 2.12. The van der Waals surface area contributed by atoms with E-state index in [4.69, 9.17) is 11.6 Å². The fraction of sp³-hybridized carbons (Fsp3) is 0. The van der Waals surface area contributed by atoms with Gasteiger partial charge < -0.3 is 5.11 Å². The maximum Gasteiger partial charge on any atom is 0.116 e. The maximum absolute atomic E-state index is 9.26. The molecule has 2 aromatic carbocycles. The van der Waals surface area contributed by atoms with Gasteiger partial charge in [0.1, 0.15) is 5.75 Å². The van der Waals surface area contributed by atoms with Crippen LogP contribution in [0.2, 0.25) is 5.02 Å². The van der Waals surface area contributed by atoms with Crippen molar-refractivity contribution in [2.24, 2.45) is 5.10 Å². The van der Waals surface area contributed by atoms with Gasteiger partial charge in [-0.05, 0) is 42.0 Å². The second-order valence-corrected chi connectivity index (χ2v) is 3.91. The van der Waals surface area contributed by atoms with Crippen molar-refractivity contribution in [3.8, 4) is 5.75 Å². The van der Waals surface area contributed by atoms with Crippen molar-refractivity contribution in [3.63, 3.8) is 0 Å². The topological polar surface area (TPSA) is 44.6 Å². The first-order chi connectivity index (χ1) is 8.24. The zero-order valence-corrected chi connectivity index (χ0v) is 9.72. The van der Waals surface area contributed by atoms with Crippen LogP contribution >= 0.6 is 11.6 Å². The Morgan fingerprint density at radius 2 is 1.88 bits per heavy atom. The molecule has 2 aromatic rings. The standard InChI is InChI=1S/C13H11ClN2O/c14-11-4-6-12(7-5-11)16-15-9-10-2-1-3-13(17)8-10/h1-9,16-17H/b15-9-. The number of hydrogen-bond acceptors (Lipinski definition) is 3. The molecule has 2 N–H and O–H groups in total. The highest BCUT2D eigenvalue weighted by Crippen LogP contribution is 2.13. The van der Waals surface area contributed by atoms with Crippen LogP contribution in [0, 0.1) is 0 Å². The molecule has 17 heavy (non-hydrogen) atoms. The van der Waals surface area contributed by atoms with E-state index >= 15 is 0 Å². The Morgan fingerprint density at radius 3 is 2.59 bits per heavy atom. The maximum atomic E-state index is 9.26. The van der Waals surface area contributed by atoms with Gasteiger partial charge in [0.15, 0.2) is 0 Å². The molecule has 3 nitrogen and oxygen atoms in total. The molecule has 2 rings (SSSR count). The molecule has 0 bridgehead atoms. The first-order valence-corrected chi connectivity index (χ1v) is 5.45. The second kappa shape index (κ2) is 5.37. The molecule has 0 atom stereocenters. The van der Waals surface area contributed by atoms with Gasteiger partial charge in [-0.1, -0.05) is 23.7 Å². The van der Waals surface area contributed by atoms with Crippen molar-refractivity contribution < 1.29 is 5.11 Å². The average Bonchev–Trinajstić information content (AvgIpc) is 2.32. The number of phenols is 1. The van der Waals surface area contributed by atoms with Crippen molar-refractivity contribution in [3.05, 3.63) is 59.1 Å². The summed E-state index contributed by atoms with van der Waals surface area (Å²) >= 11 is 5.77. The molecular weight excluding hydrogens is 236 g/mol. The molecule has 0 aliphatic rings. The number of halogens is 1. The van der Waals surface area contributed by atoms with Crippen LogP contribution in [0.25, 0.3) is 0 Å². The van der Waals surface area contributed by atoms with Gasteiger partial charge >= 0.3 is 0 Å². The molecule has 0 radical (unpaired) electrons. The number of rotatable bonds is 3. The predicted molar refractivity (Wildman–Crippen MR) is 70.8 cm³/mol. The lowest BCUT2D eigenvalue weighted by Crippen LogP contribution is -1.89. The van der Waals surface area contributed by atoms with E-state index in [0.717, 1.165) is 11.3 Å². The van der Waals surface area contributed by atoms with E-state index in [1.807, 2.05) is 18.2 Å². The lowest BCUT2D eigenvalue weighted by atomic mass is 10.2. The highest BCUT2D eigenvalue weighted by Gasteiger charge is 1.91. The van der Waals surface area contributed by atoms with Gasteiger partial charge in [0.2, 0.25) is 0 Å². The largest absolute Gasteiger partial charge is 0.508 e. The fourth-order valence-electron chi connectivity index (χ4n) is 1.31. The molecule has 0 heterocycles. The quantitative estimate of drug-likeness (QED) is 0.643. The van der Waals surface area contributed by atoms with Gasteiger partial charge in [-0.2, -0.15) is 5.10 Å². The average molecular weight is 247 g/mol. The summed E-state index contributed by atoms with van der Waals surface area (Å²) in [4.78, 5) is 0. The minimum atomic E-state index is 0.223. The smallest absolute Gasteiger partial charge is 0.116 e. The SMILES string of the molecule is Oc1cccc(/C=N\Nc2ccc(Cl)cc2)c1. The monoisotopic (exact) mass is 246 g/mol. The van der Waals surface area contributed by atoms with Crippen LogP contribution in [-0.2, 0) is 0 Å². The Morgan fingerprint density at radius 1 is 1.12 bits per heavy atom. The summed E-state index contributed by atoms with van der Waals surface area (Å²) in [6.45, 7) is 0. The molecule has 0 spiro atoms. The van der Waals surface area contributed by atoms with E-state index < -0.39 is 0 Å². The van der Waals surface area contributed by atoms with Crippen LogP contribution in [0.3, 0.4) is 0 Å². The highest BCUT2D eigenvalue weighted by molar-refractivity contribution is 6.30. The second-order valence-electron chi connectivity index (χ2n) is 3.47. The Labute approximate surface area is 104 Å². The van der Waals surface area contributed by atoms with Gasteiger partial charge in [0.25, 0.3) is 0 Å². The number of aromatic hydroxyl groups is 1. The summed E-state index contributed by atoms with van der Waals surface area (Å²) in [5.74, 6) is 0.223. The Kier molecular flexibility index (Phi) is 3.62. The number of hydrogen-bond donors (Lipinski definition) is 2. The molecular formula is C13H11ClN2O. The number of benzene rings is 2. The molecule has 0 aliphatic heterocycles.